The number of carbonyl (C=O) groups is 1. The van der Waals surface area contributed by atoms with Crippen molar-refractivity contribution < 1.29 is 58.7 Å². The zero-order valence-electron chi connectivity index (χ0n) is 37.3. The van der Waals surface area contributed by atoms with Gasteiger partial charge >= 0.3 is 5.97 Å². The highest BCUT2D eigenvalue weighted by molar-refractivity contribution is 5.70. The Morgan fingerprint density at radius 2 is 1.60 bits per heavy atom. The van der Waals surface area contributed by atoms with Gasteiger partial charge < -0.3 is 54.0 Å². The molecule has 336 valence electrons. The van der Waals surface area contributed by atoms with Crippen molar-refractivity contribution in [1.82, 2.24) is 5.32 Å². The Kier molecular flexibility index (Phi) is 15.7. The van der Waals surface area contributed by atoms with E-state index in [1.54, 1.807) is 0 Å². The summed E-state index contributed by atoms with van der Waals surface area (Å²) in [5.41, 5.74) is -1.65. The number of carboxylic acids is 1. The fraction of sp³-hybridized carbons (Fsp3) is 0.933. The minimum Gasteiger partial charge on any atom is -0.481 e. The van der Waals surface area contributed by atoms with Crippen LogP contribution in [0.15, 0.2) is 12.2 Å². The summed E-state index contributed by atoms with van der Waals surface area (Å²) in [6, 6.07) is -0.597. The molecule has 13 nitrogen and oxygen atoms in total. The molecule has 4 saturated heterocycles. The lowest BCUT2D eigenvalue weighted by Crippen LogP contribution is -2.66. The fourth-order valence-corrected chi connectivity index (χ4v) is 11.3. The van der Waals surface area contributed by atoms with Crippen LogP contribution in [0.3, 0.4) is 0 Å². The average molecular weight is 826 g/mol. The minimum atomic E-state index is -1.27. The summed E-state index contributed by atoms with van der Waals surface area (Å²) < 4.78 is 40.0. The van der Waals surface area contributed by atoms with Gasteiger partial charge in [0.2, 0.25) is 6.41 Å². The van der Waals surface area contributed by atoms with Crippen LogP contribution in [-0.2, 0) is 33.2 Å². The van der Waals surface area contributed by atoms with E-state index in [-0.39, 0.29) is 47.9 Å². The molecule has 5 heterocycles. The molecule has 0 bridgehead atoms. The lowest BCUT2D eigenvalue weighted by molar-refractivity contribution is -0.402. The van der Waals surface area contributed by atoms with Gasteiger partial charge in [0.15, 0.2) is 11.6 Å². The normalized spacial score (nSPS) is 44.4. The number of hydrogen-bond donors (Lipinski definition) is 6. The van der Waals surface area contributed by atoms with E-state index in [9.17, 15) is 30.3 Å². The van der Waals surface area contributed by atoms with Gasteiger partial charge in [-0.25, -0.2) is 0 Å². The van der Waals surface area contributed by atoms with Crippen LogP contribution in [0.2, 0.25) is 0 Å². The number of hydrogen-bond acceptors (Lipinski definition) is 12. The molecule has 0 aromatic rings. The van der Waals surface area contributed by atoms with Gasteiger partial charge in [-0.3, -0.25) is 10.1 Å². The summed E-state index contributed by atoms with van der Waals surface area (Å²) in [4.78, 5) is 12.0. The van der Waals surface area contributed by atoms with E-state index in [0.29, 0.717) is 58.0 Å². The molecule has 5 aliphatic heterocycles. The van der Waals surface area contributed by atoms with Gasteiger partial charge in [-0.05, 0) is 96.5 Å². The first-order valence-electron chi connectivity index (χ1n) is 22.7. The molecule has 20 atom stereocenters. The van der Waals surface area contributed by atoms with Gasteiger partial charge in [0.1, 0.15) is 0 Å². The Morgan fingerprint density at radius 3 is 2.21 bits per heavy atom. The highest BCUT2D eigenvalue weighted by atomic mass is 16.8. The van der Waals surface area contributed by atoms with Gasteiger partial charge in [-0.2, -0.15) is 0 Å². The quantitative estimate of drug-likeness (QED) is 0.0801. The monoisotopic (exact) mass is 826 g/mol. The molecule has 13 heteroatoms. The van der Waals surface area contributed by atoms with Crippen molar-refractivity contribution >= 4 is 5.97 Å². The lowest BCUT2D eigenvalue weighted by Gasteiger charge is -2.55. The average Bonchev–Trinajstić information content (AvgIpc) is 3.52. The van der Waals surface area contributed by atoms with E-state index < -0.39 is 77.5 Å². The van der Waals surface area contributed by atoms with Crippen LogP contribution < -0.4 is 5.32 Å². The second-order valence-electron chi connectivity index (χ2n) is 19.1. The summed E-state index contributed by atoms with van der Waals surface area (Å²) in [5.74, 6) is -5.09. The smallest absolute Gasteiger partial charge is 0.309 e. The van der Waals surface area contributed by atoms with E-state index in [1.807, 2.05) is 67.5 Å². The molecule has 5 rings (SSSR count). The second kappa shape index (κ2) is 19.0. The van der Waals surface area contributed by atoms with Gasteiger partial charge in [-0.1, -0.05) is 61.5 Å². The predicted octanol–water partition coefficient (Wildman–Crippen LogP) is 5.89. The Bertz CT molecular complexity index is 1390. The molecule has 0 aromatic heterocycles. The van der Waals surface area contributed by atoms with Crippen LogP contribution >= 0.6 is 0 Å². The number of aliphatic hydroxyl groups is 4. The zero-order valence-corrected chi connectivity index (χ0v) is 37.3. The van der Waals surface area contributed by atoms with Crippen molar-refractivity contribution in [2.75, 3.05) is 6.61 Å². The Labute approximate surface area is 347 Å². The molecule has 5 aliphatic rings. The van der Waals surface area contributed by atoms with E-state index in [1.165, 1.54) is 0 Å². The number of ether oxygens (including phenoxy) is 6. The highest BCUT2D eigenvalue weighted by Crippen LogP contribution is 2.54. The molecule has 0 amide bonds. The number of rotatable bonds is 16. The maximum atomic E-state index is 12.2. The van der Waals surface area contributed by atoms with E-state index in [4.69, 9.17) is 28.4 Å². The van der Waals surface area contributed by atoms with E-state index in [0.717, 1.165) is 12.8 Å². The summed E-state index contributed by atoms with van der Waals surface area (Å²) >= 11 is 0. The summed E-state index contributed by atoms with van der Waals surface area (Å²) in [6.07, 6.45) is 5.14. The number of aliphatic hydroxyl groups excluding tert-OH is 3. The fourth-order valence-electron chi connectivity index (χ4n) is 11.3. The van der Waals surface area contributed by atoms with Crippen LogP contribution in [-0.4, -0.2) is 116 Å². The molecule has 0 aliphatic carbocycles. The van der Waals surface area contributed by atoms with Crippen LogP contribution in [0.1, 0.15) is 140 Å². The van der Waals surface area contributed by atoms with Crippen molar-refractivity contribution in [3.63, 3.8) is 0 Å². The first-order chi connectivity index (χ1) is 27.2. The van der Waals surface area contributed by atoms with Crippen molar-refractivity contribution in [3.8, 4) is 0 Å². The Hall–Kier alpha value is -1.23. The molecular weight excluding hydrogens is 746 g/mol. The van der Waals surface area contributed by atoms with Crippen LogP contribution in [0.4, 0.5) is 0 Å². The molecule has 0 radical (unpaired) electrons. The van der Waals surface area contributed by atoms with Gasteiger partial charge in [-0.15, -0.1) is 0 Å². The first kappa shape index (κ1) is 47.8. The Morgan fingerprint density at radius 1 is 0.897 bits per heavy atom. The third-order valence-corrected chi connectivity index (χ3v) is 15.4. The number of carboxylic acid groups (broad SMARTS) is 1. The molecule has 0 aromatic carbocycles. The number of aliphatic carboxylic acids is 1. The Balaban J connectivity index is 1.37. The molecule has 0 saturated carbocycles. The van der Waals surface area contributed by atoms with Crippen LogP contribution in [0.5, 0.6) is 0 Å². The summed E-state index contributed by atoms with van der Waals surface area (Å²) in [5, 5.41) is 59.1. The van der Waals surface area contributed by atoms with E-state index >= 15 is 0 Å². The number of nitrogens with one attached hydrogen (secondary N) is 1. The molecular formula is C45H79NO12. The highest BCUT2D eigenvalue weighted by Gasteiger charge is 2.63. The minimum absolute atomic E-state index is 0.0548. The maximum Gasteiger partial charge on any atom is 0.309 e. The topological polar surface area (TPSA) is 186 Å². The van der Waals surface area contributed by atoms with Gasteiger partial charge in [0, 0.05) is 36.7 Å². The SMILES string of the molecule is CCOC(O)N[C@@H]1C=C[C@]2(O[C@H](C(CC)C(O)[C@@H](C)[C@@H](O)[C@H](C)[C@@H]3O[C@@H]([C@@H](CC)C(=O)O)CC[C@@H]3C)[C@@H](C)C[C@H]2C)O[C@@]12CC[C@@](C)([C@H]1CC[C@](O)(CC)[C@H](C)O1)O2. The van der Waals surface area contributed by atoms with Crippen molar-refractivity contribution in [1.29, 1.82) is 0 Å². The third-order valence-electron chi connectivity index (χ3n) is 15.4. The second-order valence-corrected chi connectivity index (χ2v) is 19.1. The van der Waals surface area contributed by atoms with Crippen LogP contribution in [0, 0.1) is 41.4 Å². The van der Waals surface area contributed by atoms with E-state index in [2.05, 4.69) is 26.1 Å². The van der Waals surface area contributed by atoms with Crippen molar-refractivity contribution in [2.24, 2.45) is 41.4 Å². The first-order valence-corrected chi connectivity index (χ1v) is 22.7. The molecule has 2 spiro atoms. The van der Waals surface area contributed by atoms with Crippen LogP contribution in [0.25, 0.3) is 0 Å². The summed E-state index contributed by atoms with van der Waals surface area (Å²) in [7, 11) is 0. The molecule has 3 unspecified atom stereocenters. The predicted molar refractivity (Wildman–Crippen MR) is 218 cm³/mol. The standard InChI is InChI=1S/C45H79NO12/c1-12-31(40(49)50)33-17-16-25(5)38(55-33)29(9)36(47)28(8)37(48)32(13-2)39-26(6)24-27(7)44(56-39)21-18-34(46-41(51)53-15-4)45(58-44)23-22-42(11,57-45)35-19-20-43(52,14-3)30(10)54-35/h18,21,25-39,41,46-48,51-52H,12-17,19-20,22-24H2,1-11H3,(H,49,50)/t25-,26-,27+,28-,29-,30-,31+,32?,33+,34+,35+,36+,37?,38+,39-,41?,42-,43+,44-,45-/m0/s1. The zero-order chi connectivity index (χ0) is 43.0. The molecule has 58 heavy (non-hydrogen) atoms. The summed E-state index contributed by atoms with van der Waals surface area (Å²) in [6.45, 7) is 22.1. The molecule has 6 N–H and O–H groups in total. The largest absolute Gasteiger partial charge is 0.481 e. The third kappa shape index (κ3) is 9.40. The lowest BCUT2D eigenvalue weighted by atomic mass is 9.72. The van der Waals surface area contributed by atoms with Gasteiger partial charge in [0.25, 0.3) is 0 Å². The molecule has 4 fully saturated rings. The maximum absolute atomic E-state index is 12.2. The van der Waals surface area contributed by atoms with Crippen molar-refractivity contribution in [3.05, 3.63) is 12.2 Å². The van der Waals surface area contributed by atoms with Gasteiger partial charge in [0.05, 0.1) is 65.9 Å². The van der Waals surface area contributed by atoms with Crippen molar-refractivity contribution in [2.45, 2.75) is 218 Å².